The van der Waals surface area contributed by atoms with E-state index in [2.05, 4.69) is 27.9 Å². The zero-order chi connectivity index (χ0) is 28.3. The predicted molar refractivity (Wildman–Crippen MR) is 153 cm³/mol. The molecule has 0 atom stereocenters. The van der Waals surface area contributed by atoms with Crippen LogP contribution < -0.4 is 19.7 Å². The number of urea groups is 1. The first-order valence-corrected chi connectivity index (χ1v) is 13.1. The molecule has 1 aliphatic heterocycles. The Morgan fingerprint density at radius 1 is 1.10 bits per heavy atom. The Labute approximate surface area is 242 Å². The van der Waals surface area contributed by atoms with Gasteiger partial charge in [-0.2, -0.15) is 0 Å². The number of rotatable bonds is 8. The lowest BCUT2D eigenvalue weighted by molar-refractivity contribution is -0.122. The highest BCUT2D eigenvalue weighted by Crippen LogP contribution is 2.36. The number of anilines is 1. The smallest absolute Gasteiger partial charge is 0.335 e. The molecule has 4 rings (SSSR count). The maximum atomic E-state index is 13.3. The molecule has 0 radical (unpaired) electrons. The summed E-state index contributed by atoms with van der Waals surface area (Å²) in [7, 11) is 0. The van der Waals surface area contributed by atoms with Gasteiger partial charge in [0.1, 0.15) is 12.2 Å². The van der Waals surface area contributed by atoms with E-state index in [1.807, 2.05) is 0 Å². The van der Waals surface area contributed by atoms with Crippen LogP contribution in [0.5, 0.6) is 11.5 Å². The van der Waals surface area contributed by atoms with E-state index in [9.17, 15) is 19.2 Å². The van der Waals surface area contributed by atoms with Gasteiger partial charge in [0.25, 0.3) is 11.8 Å². The van der Waals surface area contributed by atoms with E-state index in [0.29, 0.717) is 37.8 Å². The Morgan fingerprint density at radius 2 is 1.82 bits per heavy atom. The maximum Gasteiger partial charge on any atom is 0.335 e. The van der Waals surface area contributed by atoms with E-state index >= 15 is 0 Å². The van der Waals surface area contributed by atoms with Gasteiger partial charge in [0.05, 0.1) is 21.4 Å². The van der Waals surface area contributed by atoms with Crippen LogP contribution in [0.4, 0.5) is 10.5 Å². The van der Waals surface area contributed by atoms with Gasteiger partial charge in [-0.3, -0.25) is 14.9 Å². The number of hydrogen-bond donors (Lipinski definition) is 2. The topological polar surface area (TPSA) is 122 Å². The molecule has 0 aromatic heterocycles. The molecular weight excluding hydrogens is 639 g/mol. The summed E-state index contributed by atoms with van der Waals surface area (Å²) in [5.41, 5.74) is 1.97. The maximum absolute atomic E-state index is 13.3. The Bertz CT molecular complexity index is 1520. The van der Waals surface area contributed by atoms with Gasteiger partial charge >= 0.3 is 12.0 Å². The first-order valence-electron chi connectivity index (χ1n) is 11.7. The average molecular weight is 661 g/mol. The minimum Gasteiger partial charge on any atom is -0.490 e. The highest BCUT2D eigenvalue weighted by molar-refractivity contribution is 14.1. The molecule has 39 heavy (non-hydrogen) atoms. The number of halogens is 2. The van der Waals surface area contributed by atoms with E-state index in [4.69, 9.17) is 26.2 Å². The molecule has 4 amide bonds. The fourth-order valence-electron chi connectivity index (χ4n) is 3.85. The van der Waals surface area contributed by atoms with Crippen LogP contribution in [0.1, 0.15) is 34.0 Å². The van der Waals surface area contributed by atoms with Crippen LogP contribution in [-0.4, -0.2) is 35.5 Å². The van der Waals surface area contributed by atoms with Crippen molar-refractivity contribution in [2.24, 2.45) is 0 Å². The first kappa shape index (κ1) is 28.1. The molecule has 0 saturated carbocycles. The molecule has 1 saturated heterocycles. The lowest BCUT2D eigenvalue weighted by Gasteiger charge is -2.27. The van der Waals surface area contributed by atoms with Crippen LogP contribution >= 0.6 is 34.2 Å². The van der Waals surface area contributed by atoms with Crippen molar-refractivity contribution in [3.8, 4) is 11.5 Å². The largest absolute Gasteiger partial charge is 0.490 e. The summed E-state index contributed by atoms with van der Waals surface area (Å²) < 4.78 is 12.4. The number of ether oxygens (including phenoxy) is 2. The second-order valence-corrected chi connectivity index (χ2v) is 9.96. The van der Waals surface area contributed by atoms with Crippen molar-refractivity contribution >= 4 is 69.8 Å². The third-order valence-corrected chi connectivity index (χ3v) is 7.02. The van der Waals surface area contributed by atoms with Crippen molar-refractivity contribution in [1.29, 1.82) is 0 Å². The SMILES string of the molecule is CCOc1cc(/C=C2\C(=O)NC(=O)N(c3cccc(Cl)c3C)C2=O)cc(I)c1OCc1ccc(C(=O)O)cc1. The fourth-order valence-corrected chi connectivity index (χ4v) is 4.81. The van der Waals surface area contributed by atoms with Crippen LogP contribution in [0.25, 0.3) is 6.08 Å². The van der Waals surface area contributed by atoms with Crippen molar-refractivity contribution in [2.45, 2.75) is 20.5 Å². The van der Waals surface area contributed by atoms with Gasteiger partial charge < -0.3 is 14.6 Å². The molecule has 0 unspecified atom stereocenters. The number of benzene rings is 3. The standard InChI is InChI=1S/C28H22ClIN2O7/c1-3-38-23-13-17(12-21(30)24(23)39-14-16-7-9-18(10-8-16)27(35)36)11-19-25(33)31-28(37)32(26(19)34)22-6-4-5-20(29)15(22)2/h4-13H,3,14H2,1-2H3,(H,35,36)(H,31,33,37)/b19-11+. The molecule has 3 aromatic rings. The van der Waals surface area contributed by atoms with Crippen LogP contribution in [0.15, 0.2) is 60.2 Å². The summed E-state index contributed by atoms with van der Waals surface area (Å²) in [4.78, 5) is 50.6. The Balaban J connectivity index is 1.65. The molecule has 1 aliphatic rings. The summed E-state index contributed by atoms with van der Waals surface area (Å²) in [6, 6.07) is 13.6. The number of carboxylic acid groups (broad SMARTS) is 1. The van der Waals surface area contributed by atoms with Crippen LogP contribution in [0.2, 0.25) is 5.02 Å². The van der Waals surface area contributed by atoms with Crippen LogP contribution in [-0.2, 0) is 16.2 Å². The van der Waals surface area contributed by atoms with Crippen molar-refractivity contribution in [3.05, 3.63) is 91.0 Å². The summed E-state index contributed by atoms with van der Waals surface area (Å²) in [5.74, 6) is -1.78. The number of nitrogens with one attached hydrogen (secondary N) is 1. The van der Waals surface area contributed by atoms with Crippen molar-refractivity contribution in [1.82, 2.24) is 5.32 Å². The second-order valence-electron chi connectivity index (χ2n) is 8.40. The van der Waals surface area contributed by atoms with Gasteiger partial charge in [-0.15, -0.1) is 0 Å². The number of aromatic carboxylic acids is 1. The molecule has 0 spiro atoms. The first-order chi connectivity index (χ1) is 18.6. The number of carbonyl (C=O) groups excluding carboxylic acids is 3. The quantitative estimate of drug-likeness (QED) is 0.183. The lowest BCUT2D eigenvalue weighted by atomic mass is 10.1. The zero-order valence-corrected chi connectivity index (χ0v) is 23.7. The third kappa shape index (κ3) is 6.07. The number of nitrogens with zero attached hydrogens (tertiary/aromatic N) is 1. The number of carbonyl (C=O) groups is 4. The highest BCUT2D eigenvalue weighted by atomic mass is 127. The molecule has 200 valence electrons. The number of amides is 4. The fraction of sp³-hybridized carbons (Fsp3) is 0.143. The number of imide groups is 2. The molecule has 1 heterocycles. The molecule has 2 N–H and O–H groups in total. The molecule has 1 fully saturated rings. The number of carboxylic acids is 1. The molecule has 3 aromatic carbocycles. The van der Waals surface area contributed by atoms with Gasteiger partial charge in [0.2, 0.25) is 0 Å². The van der Waals surface area contributed by atoms with E-state index in [-0.39, 0.29) is 23.4 Å². The van der Waals surface area contributed by atoms with E-state index < -0.39 is 23.8 Å². The van der Waals surface area contributed by atoms with Crippen molar-refractivity contribution in [3.63, 3.8) is 0 Å². The lowest BCUT2D eigenvalue weighted by Crippen LogP contribution is -2.54. The minimum atomic E-state index is -1.01. The van der Waals surface area contributed by atoms with E-state index in [1.165, 1.54) is 18.2 Å². The van der Waals surface area contributed by atoms with E-state index in [0.717, 1.165) is 10.5 Å². The van der Waals surface area contributed by atoms with Crippen LogP contribution in [0.3, 0.4) is 0 Å². The van der Waals surface area contributed by atoms with Crippen molar-refractivity contribution in [2.75, 3.05) is 11.5 Å². The van der Waals surface area contributed by atoms with Crippen molar-refractivity contribution < 1.29 is 33.8 Å². The summed E-state index contributed by atoms with van der Waals surface area (Å²) in [6.07, 6.45) is 1.38. The Morgan fingerprint density at radius 3 is 2.49 bits per heavy atom. The molecule has 9 nitrogen and oxygen atoms in total. The molecule has 11 heteroatoms. The normalized spacial score (nSPS) is 14.4. The molecular formula is C28H22ClIN2O7. The summed E-state index contributed by atoms with van der Waals surface area (Å²) in [5, 5.41) is 11.7. The number of hydrogen-bond acceptors (Lipinski definition) is 6. The van der Waals surface area contributed by atoms with E-state index in [1.54, 1.807) is 56.3 Å². The second kappa shape index (κ2) is 11.9. The summed E-state index contributed by atoms with van der Waals surface area (Å²) >= 11 is 8.25. The Hall–Kier alpha value is -3.90. The van der Waals surface area contributed by atoms with Gasteiger partial charge in [0, 0.05) is 5.02 Å². The zero-order valence-electron chi connectivity index (χ0n) is 20.8. The van der Waals surface area contributed by atoms with Crippen LogP contribution in [0, 0.1) is 10.5 Å². The van der Waals surface area contributed by atoms with Gasteiger partial charge in [-0.25, -0.2) is 14.5 Å². The minimum absolute atomic E-state index is 0.160. The highest BCUT2D eigenvalue weighted by Gasteiger charge is 2.37. The Kier molecular flexibility index (Phi) is 8.56. The average Bonchev–Trinajstić information content (AvgIpc) is 2.89. The number of barbiturate groups is 1. The molecule has 0 aliphatic carbocycles. The van der Waals surface area contributed by atoms with Gasteiger partial charge in [-0.1, -0.05) is 29.8 Å². The monoisotopic (exact) mass is 660 g/mol. The predicted octanol–water partition coefficient (Wildman–Crippen LogP) is 5.60. The summed E-state index contributed by atoms with van der Waals surface area (Å²) in [6.45, 7) is 3.97. The van der Waals surface area contributed by atoms with Gasteiger partial charge in [-0.05, 0) is 95.6 Å². The molecule has 0 bridgehead atoms. The van der Waals surface area contributed by atoms with Gasteiger partial charge in [0.15, 0.2) is 11.5 Å². The third-order valence-electron chi connectivity index (χ3n) is 5.81.